The summed E-state index contributed by atoms with van der Waals surface area (Å²) in [6.07, 6.45) is 0. The molecule has 0 bridgehead atoms. The van der Waals surface area contributed by atoms with Crippen molar-refractivity contribution in [3.63, 3.8) is 0 Å². The largest absolute Gasteiger partial charge is 0.271 e. The van der Waals surface area contributed by atoms with E-state index < -0.39 is 0 Å². The zero-order valence-electron chi connectivity index (χ0n) is 7.83. The van der Waals surface area contributed by atoms with E-state index in [1.807, 2.05) is 55.9 Å². The Labute approximate surface area is 73.5 Å². The third kappa shape index (κ3) is 2.38. The summed E-state index contributed by atoms with van der Waals surface area (Å²) in [6.45, 7) is 2.05. The van der Waals surface area contributed by atoms with E-state index in [0.717, 1.165) is 11.5 Å². The Kier molecular flexibility index (Phi) is 2.86. The molecule has 1 aromatic rings. The Hall–Kier alpha value is -1.31. The predicted molar refractivity (Wildman–Crippen MR) is 52.9 cm³/mol. The lowest BCUT2D eigenvalue weighted by molar-refractivity contribution is -0.464. The van der Waals surface area contributed by atoms with Gasteiger partial charge >= 0.3 is 0 Å². The fourth-order valence-electron chi connectivity index (χ4n) is 0.842. The minimum atomic E-state index is 1.13. The van der Waals surface area contributed by atoms with Crippen molar-refractivity contribution < 1.29 is 4.58 Å². The van der Waals surface area contributed by atoms with E-state index in [9.17, 15) is 0 Å². The van der Waals surface area contributed by atoms with E-state index in [0.29, 0.717) is 0 Å². The Morgan fingerprint density at radius 1 is 1.17 bits per heavy atom. The first-order chi connectivity index (χ1) is 5.70. The molecular formula is C10H15N2+. The lowest BCUT2D eigenvalue weighted by Crippen LogP contribution is -2.18. The van der Waals surface area contributed by atoms with Crippen molar-refractivity contribution >= 4 is 11.5 Å². The van der Waals surface area contributed by atoms with Gasteiger partial charge in [0.25, 0.3) is 0 Å². The third-order valence-electron chi connectivity index (χ3n) is 1.77. The average molecular weight is 163 g/mol. The van der Waals surface area contributed by atoms with Crippen LogP contribution in [0.1, 0.15) is 6.92 Å². The van der Waals surface area contributed by atoms with Gasteiger partial charge in [0, 0.05) is 6.92 Å². The number of nitrogens with one attached hydrogen (secondary N) is 1. The second kappa shape index (κ2) is 3.90. The number of hydrogen-bond donors (Lipinski definition) is 1. The van der Waals surface area contributed by atoms with Gasteiger partial charge in [-0.05, 0) is 12.1 Å². The fourth-order valence-corrected chi connectivity index (χ4v) is 0.842. The topological polar surface area (TPSA) is 15.0 Å². The molecule has 0 saturated carbocycles. The highest BCUT2D eigenvalue weighted by Crippen LogP contribution is 2.04. The van der Waals surface area contributed by atoms with Crippen LogP contribution in [0, 0.1) is 0 Å². The Morgan fingerprint density at radius 2 is 1.75 bits per heavy atom. The molecule has 0 saturated heterocycles. The number of anilines is 1. The van der Waals surface area contributed by atoms with E-state index in [-0.39, 0.29) is 0 Å². The zero-order chi connectivity index (χ0) is 8.97. The first-order valence-corrected chi connectivity index (χ1v) is 4.03. The maximum Gasteiger partial charge on any atom is 0.246 e. The van der Waals surface area contributed by atoms with Crippen molar-refractivity contribution in [1.29, 1.82) is 0 Å². The van der Waals surface area contributed by atoms with Gasteiger partial charge in [0.05, 0.1) is 14.1 Å². The molecule has 0 spiro atoms. The van der Waals surface area contributed by atoms with E-state index in [2.05, 4.69) is 5.32 Å². The molecule has 1 aromatic carbocycles. The molecule has 1 rings (SSSR count). The SMILES string of the molecule is CC(Nc1ccccc1)=[N+](C)C. The first kappa shape index (κ1) is 8.78. The molecule has 1 N–H and O–H groups in total. The summed E-state index contributed by atoms with van der Waals surface area (Å²) in [5.74, 6) is 1.14. The molecule has 0 radical (unpaired) electrons. The van der Waals surface area contributed by atoms with Gasteiger partial charge in [-0.1, -0.05) is 18.2 Å². The molecule has 0 heterocycles. The van der Waals surface area contributed by atoms with Gasteiger partial charge in [-0.25, -0.2) is 5.32 Å². The van der Waals surface area contributed by atoms with Gasteiger partial charge in [0.15, 0.2) is 0 Å². The second-order valence-corrected chi connectivity index (χ2v) is 2.97. The van der Waals surface area contributed by atoms with Crippen molar-refractivity contribution in [3.05, 3.63) is 30.3 Å². The maximum absolute atomic E-state index is 3.28. The maximum atomic E-state index is 3.28. The molecule has 0 aliphatic heterocycles. The van der Waals surface area contributed by atoms with Crippen LogP contribution in [0.4, 0.5) is 5.69 Å². The van der Waals surface area contributed by atoms with Gasteiger partial charge in [-0.3, -0.25) is 4.58 Å². The number of para-hydroxylation sites is 1. The second-order valence-electron chi connectivity index (χ2n) is 2.97. The molecule has 64 valence electrons. The molecular weight excluding hydrogens is 148 g/mol. The van der Waals surface area contributed by atoms with Crippen LogP contribution in [0.3, 0.4) is 0 Å². The summed E-state index contributed by atoms with van der Waals surface area (Å²) in [7, 11) is 4.04. The Morgan fingerprint density at radius 3 is 2.25 bits per heavy atom. The highest BCUT2D eigenvalue weighted by molar-refractivity contribution is 5.89. The van der Waals surface area contributed by atoms with Gasteiger partial charge < -0.3 is 0 Å². The Balaban J connectivity index is 2.72. The average Bonchev–Trinajstić information content (AvgIpc) is 2.06. The van der Waals surface area contributed by atoms with Gasteiger partial charge in [0.2, 0.25) is 5.84 Å². The monoisotopic (exact) mass is 163 g/mol. The minimum absolute atomic E-state index is 1.13. The summed E-state index contributed by atoms with van der Waals surface area (Å²) in [5.41, 5.74) is 1.13. The van der Waals surface area contributed by atoms with Crippen molar-refractivity contribution in [1.82, 2.24) is 0 Å². The molecule has 12 heavy (non-hydrogen) atoms. The van der Waals surface area contributed by atoms with E-state index in [4.69, 9.17) is 0 Å². The van der Waals surface area contributed by atoms with Crippen LogP contribution in [0.5, 0.6) is 0 Å². The van der Waals surface area contributed by atoms with Crippen molar-refractivity contribution in [2.45, 2.75) is 6.92 Å². The molecule has 0 aliphatic rings. The van der Waals surface area contributed by atoms with Gasteiger partial charge in [0.1, 0.15) is 5.69 Å². The summed E-state index contributed by atoms with van der Waals surface area (Å²) >= 11 is 0. The number of benzene rings is 1. The van der Waals surface area contributed by atoms with Crippen LogP contribution in [-0.4, -0.2) is 24.5 Å². The molecule has 0 aromatic heterocycles. The van der Waals surface area contributed by atoms with Crippen LogP contribution in [-0.2, 0) is 0 Å². The summed E-state index contributed by atoms with van der Waals surface area (Å²) in [6, 6.07) is 10.1. The predicted octanol–water partition coefficient (Wildman–Crippen LogP) is 1.79. The lowest BCUT2D eigenvalue weighted by Gasteiger charge is -1.99. The van der Waals surface area contributed by atoms with Crippen LogP contribution < -0.4 is 5.32 Å². The normalized spacial score (nSPS) is 9.25. The third-order valence-corrected chi connectivity index (χ3v) is 1.77. The Bertz CT molecular complexity index is 271. The molecule has 0 unspecified atom stereocenters. The van der Waals surface area contributed by atoms with Crippen molar-refractivity contribution in [2.24, 2.45) is 0 Å². The highest BCUT2D eigenvalue weighted by atomic mass is 15.1. The number of nitrogens with zero attached hydrogens (tertiary/aromatic N) is 1. The number of hydrogen-bond acceptors (Lipinski definition) is 0. The number of rotatable bonds is 1. The summed E-state index contributed by atoms with van der Waals surface area (Å²) in [4.78, 5) is 0. The molecule has 0 aliphatic carbocycles. The van der Waals surface area contributed by atoms with Crippen molar-refractivity contribution in [2.75, 3.05) is 19.4 Å². The van der Waals surface area contributed by atoms with E-state index in [1.54, 1.807) is 0 Å². The van der Waals surface area contributed by atoms with Gasteiger partial charge in [-0.15, -0.1) is 0 Å². The van der Waals surface area contributed by atoms with Crippen LogP contribution in [0.15, 0.2) is 30.3 Å². The van der Waals surface area contributed by atoms with Crippen molar-refractivity contribution in [3.8, 4) is 0 Å². The lowest BCUT2D eigenvalue weighted by atomic mass is 10.3. The molecule has 0 amide bonds. The molecule has 2 nitrogen and oxygen atoms in total. The molecule has 0 atom stereocenters. The van der Waals surface area contributed by atoms with Gasteiger partial charge in [-0.2, -0.15) is 0 Å². The summed E-state index contributed by atoms with van der Waals surface area (Å²) in [5, 5.41) is 3.28. The van der Waals surface area contributed by atoms with Crippen LogP contribution in [0.25, 0.3) is 0 Å². The minimum Gasteiger partial charge on any atom is -0.271 e. The zero-order valence-corrected chi connectivity index (χ0v) is 7.83. The fraction of sp³-hybridized carbons (Fsp3) is 0.300. The summed E-state index contributed by atoms with van der Waals surface area (Å²) < 4.78 is 2.05. The molecule has 2 heteroatoms. The first-order valence-electron chi connectivity index (χ1n) is 4.03. The van der Waals surface area contributed by atoms with Crippen LogP contribution in [0.2, 0.25) is 0 Å². The smallest absolute Gasteiger partial charge is 0.246 e. The van der Waals surface area contributed by atoms with Crippen LogP contribution >= 0.6 is 0 Å². The standard InChI is InChI=1S/C10H14N2/c1-9(12(2)3)11-10-7-5-4-6-8-10/h4-8H,1-3H3/p+1. The quantitative estimate of drug-likeness (QED) is 0.379. The van der Waals surface area contributed by atoms with E-state index in [1.165, 1.54) is 0 Å². The number of amidine groups is 1. The highest BCUT2D eigenvalue weighted by Gasteiger charge is 1.99. The van der Waals surface area contributed by atoms with E-state index >= 15 is 0 Å². The molecule has 0 fully saturated rings.